The number of hydrogen-bond acceptors (Lipinski definition) is 5. The lowest BCUT2D eigenvalue weighted by Gasteiger charge is -2.07. The third-order valence-corrected chi connectivity index (χ3v) is 2.96. The summed E-state index contributed by atoms with van der Waals surface area (Å²) < 4.78 is 22.9. The van der Waals surface area contributed by atoms with Crippen molar-refractivity contribution in [2.24, 2.45) is 0 Å². The molecule has 0 heterocycles. The molecule has 0 aliphatic carbocycles. The summed E-state index contributed by atoms with van der Waals surface area (Å²) in [6.07, 6.45) is 1.08. The van der Waals surface area contributed by atoms with E-state index in [0.717, 1.165) is 6.20 Å². The average molecular weight is 381 g/mol. The molecule has 5 nitrogen and oxygen atoms in total. The molecule has 1 rings (SSSR count). The van der Waals surface area contributed by atoms with Gasteiger partial charge in [-0.2, -0.15) is 0 Å². The minimum absolute atomic E-state index is 0.0945. The van der Waals surface area contributed by atoms with Gasteiger partial charge in [0.2, 0.25) is 0 Å². The topological polar surface area (TPSA) is 64.6 Å². The van der Waals surface area contributed by atoms with Crippen molar-refractivity contribution < 1.29 is 23.5 Å². The number of halogens is 3. The summed E-state index contributed by atoms with van der Waals surface area (Å²) >= 11 is 8.30. The highest BCUT2D eigenvalue weighted by Gasteiger charge is 2.21. The van der Waals surface area contributed by atoms with Gasteiger partial charge < -0.3 is 14.8 Å². The van der Waals surface area contributed by atoms with Crippen LogP contribution in [0.5, 0.6) is 0 Å². The Morgan fingerprint density at radius 1 is 1.38 bits per heavy atom. The van der Waals surface area contributed by atoms with Crippen LogP contribution >= 0.6 is 27.5 Å². The maximum Gasteiger partial charge on any atom is 0.348 e. The van der Waals surface area contributed by atoms with E-state index in [2.05, 4.69) is 26.0 Å². The molecular formula is C13H12BrClFNO4. The standard InChI is InChI=1S/C13H12BrClFNO4/c1-2-20-12(18)9(13(19)21-7-15)6-17-8-3-4-10(14)11(16)5-8/h3-6,17H,2,7H2,1H3/b9-6+. The Morgan fingerprint density at radius 3 is 2.62 bits per heavy atom. The second kappa shape index (κ2) is 8.63. The second-order valence-electron chi connectivity index (χ2n) is 3.59. The van der Waals surface area contributed by atoms with Crippen LogP contribution in [0.3, 0.4) is 0 Å². The van der Waals surface area contributed by atoms with Gasteiger partial charge in [0.1, 0.15) is 5.82 Å². The van der Waals surface area contributed by atoms with E-state index in [1.54, 1.807) is 13.0 Å². The Kier molecular flexibility index (Phi) is 7.18. The van der Waals surface area contributed by atoms with Crippen LogP contribution in [-0.4, -0.2) is 24.6 Å². The maximum absolute atomic E-state index is 13.4. The number of hydrogen-bond donors (Lipinski definition) is 1. The van der Waals surface area contributed by atoms with Gasteiger partial charge >= 0.3 is 11.9 Å². The molecule has 0 radical (unpaired) electrons. The zero-order valence-corrected chi connectivity index (χ0v) is 13.3. The molecule has 0 aliphatic heterocycles. The molecule has 1 aromatic rings. The minimum Gasteiger partial charge on any atom is -0.462 e. The fourth-order valence-corrected chi connectivity index (χ4v) is 1.62. The molecule has 0 amide bonds. The van der Waals surface area contributed by atoms with Crippen molar-refractivity contribution in [1.29, 1.82) is 0 Å². The molecule has 1 aromatic carbocycles. The third-order valence-electron chi connectivity index (χ3n) is 2.20. The first-order valence-electron chi connectivity index (χ1n) is 5.81. The number of carbonyl (C=O) groups excluding carboxylic acids is 2. The first-order valence-corrected chi connectivity index (χ1v) is 7.14. The van der Waals surface area contributed by atoms with E-state index < -0.39 is 23.8 Å². The van der Waals surface area contributed by atoms with Crippen LogP contribution < -0.4 is 5.32 Å². The number of benzene rings is 1. The summed E-state index contributed by atoms with van der Waals surface area (Å²) in [6.45, 7) is 1.69. The van der Waals surface area contributed by atoms with Crippen molar-refractivity contribution in [3.05, 3.63) is 40.3 Å². The molecule has 0 aliphatic rings. The number of carbonyl (C=O) groups is 2. The molecule has 0 saturated heterocycles. The molecule has 0 spiro atoms. The smallest absolute Gasteiger partial charge is 0.348 e. The first-order chi connectivity index (χ1) is 9.99. The summed E-state index contributed by atoms with van der Waals surface area (Å²) in [6, 6.07) is 3.82. The molecule has 0 fully saturated rings. The maximum atomic E-state index is 13.4. The number of nitrogens with one attached hydrogen (secondary N) is 1. The van der Waals surface area contributed by atoms with Crippen LogP contribution in [-0.2, 0) is 19.1 Å². The van der Waals surface area contributed by atoms with Crippen molar-refractivity contribution in [3.63, 3.8) is 0 Å². The van der Waals surface area contributed by atoms with Crippen molar-refractivity contribution in [1.82, 2.24) is 0 Å². The van der Waals surface area contributed by atoms with Crippen LogP contribution in [0, 0.1) is 5.82 Å². The molecule has 8 heteroatoms. The van der Waals surface area contributed by atoms with Crippen LogP contribution in [0.4, 0.5) is 10.1 Å². The van der Waals surface area contributed by atoms with E-state index >= 15 is 0 Å². The Morgan fingerprint density at radius 2 is 2.05 bits per heavy atom. The van der Waals surface area contributed by atoms with Crippen LogP contribution in [0.2, 0.25) is 0 Å². The van der Waals surface area contributed by atoms with Crippen LogP contribution in [0.1, 0.15) is 6.92 Å². The molecule has 0 aromatic heterocycles. The predicted molar refractivity (Wildman–Crippen MR) is 79.3 cm³/mol. The number of esters is 2. The quantitative estimate of drug-likeness (QED) is 0.270. The van der Waals surface area contributed by atoms with Gasteiger partial charge in [0.25, 0.3) is 0 Å². The third kappa shape index (κ3) is 5.35. The number of ether oxygens (including phenoxy) is 2. The number of anilines is 1. The lowest BCUT2D eigenvalue weighted by molar-refractivity contribution is -0.145. The number of alkyl halides is 1. The Balaban J connectivity index is 2.93. The molecule has 1 N–H and O–H groups in total. The SMILES string of the molecule is CCOC(=O)/C(=C\Nc1ccc(Br)c(F)c1)C(=O)OCCl. The lowest BCUT2D eigenvalue weighted by Crippen LogP contribution is -2.19. The molecule has 21 heavy (non-hydrogen) atoms. The molecule has 114 valence electrons. The normalized spacial score (nSPS) is 11.0. The Hall–Kier alpha value is -1.60. The summed E-state index contributed by atoms with van der Waals surface area (Å²) in [5.41, 5.74) is -0.0306. The van der Waals surface area contributed by atoms with Gasteiger partial charge in [-0.15, -0.1) is 0 Å². The van der Waals surface area contributed by atoms with E-state index in [1.165, 1.54) is 12.1 Å². The zero-order valence-electron chi connectivity index (χ0n) is 11.0. The largest absolute Gasteiger partial charge is 0.462 e. The summed E-state index contributed by atoms with van der Waals surface area (Å²) in [4.78, 5) is 23.3. The van der Waals surface area contributed by atoms with Gasteiger partial charge in [-0.05, 0) is 41.1 Å². The van der Waals surface area contributed by atoms with Gasteiger partial charge in [-0.25, -0.2) is 14.0 Å². The fraction of sp³-hybridized carbons (Fsp3) is 0.231. The number of rotatable bonds is 6. The highest BCUT2D eigenvalue weighted by molar-refractivity contribution is 9.10. The van der Waals surface area contributed by atoms with Gasteiger partial charge in [0.15, 0.2) is 11.6 Å². The van der Waals surface area contributed by atoms with Crippen molar-refractivity contribution in [3.8, 4) is 0 Å². The van der Waals surface area contributed by atoms with Crippen molar-refractivity contribution in [2.45, 2.75) is 6.92 Å². The van der Waals surface area contributed by atoms with Gasteiger partial charge in [-0.1, -0.05) is 11.6 Å². The van der Waals surface area contributed by atoms with E-state index in [0.29, 0.717) is 10.2 Å². The van der Waals surface area contributed by atoms with Crippen molar-refractivity contribution in [2.75, 3.05) is 18.0 Å². The van der Waals surface area contributed by atoms with E-state index in [9.17, 15) is 14.0 Å². The lowest BCUT2D eigenvalue weighted by atomic mass is 10.2. The molecular weight excluding hydrogens is 369 g/mol. The van der Waals surface area contributed by atoms with Crippen molar-refractivity contribution >= 4 is 45.2 Å². The minimum atomic E-state index is -0.937. The fourth-order valence-electron chi connectivity index (χ4n) is 1.28. The molecule has 0 bridgehead atoms. The first kappa shape index (κ1) is 17.5. The Bertz CT molecular complexity index is 545. The summed E-state index contributed by atoms with van der Waals surface area (Å²) in [7, 11) is 0. The zero-order chi connectivity index (χ0) is 15.8. The van der Waals surface area contributed by atoms with Crippen LogP contribution in [0.15, 0.2) is 34.4 Å². The van der Waals surface area contributed by atoms with E-state index in [1.807, 2.05) is 0 Å². The van der Waals surface area contributed by atoms with E-state index in [-0.39, 0.29) is 12.2 Å². The van der Waals surface area contributed by atoms with Gasteiger partial charge in [0, 0.05) is 11.9 Å². The summed E-state index contributed by atoms with van der Waals surface area (Å²) in [5, 5.41) is 2.62. The molecule has 0 atom stereocenters. The van der Waals surface area contributed by atoms with Gasteiger partial charge in [-0.3, -0.25) is 0 Å². The highest BCUT2D eigenvalue weighted by Crippen LogP contribution is 2.19. The molecule has 0 saturated carbocycles. The summed E-state index contributed by atoms with van der Waals surface area (Å²) in [5.74, 6) is -2.29. The average Bonchev–Trinajstić information content (AvgIpc) is 2.43. The second-order valence-corrected chi connectivity index (χ2v) is 4.67. The Labute approximate surface area is 134 Å². The van der Waals surface area contributed by atoms with Crippen LogP contribution in [0.25, 0.3) is 0 Å². The molecule has 0 unspecified atom stereocenters. The van der Waals surface area contributed by atoms with E-state index in [4.69, 9.17) is 16.3 Å². The monoisotopic (exact) mass is 379 g/mol. The highest BCUT2D eigenvalue weighted by atomic mass is 79.9. The van der Waals surface area contributed by atoms with Gasteiger partial charge in [0.05, 0.1) is 11.1 Å². The predicted octanol–water partition coefficient (Wildman–Crippen LogP) is 3.19.